The van der Waals surface area contributed by atoms with Gasteiger partial charge in [0.25, 0.3) is 0 Å². The number of amides is 1. The quantitative estimate of drug-likeness (QED) is 0.794. The molecule has 1 amide bonds. The van der Waals surface area contributed by atoms with Crippen LogP contribution in [0, 0.1) is 0 Å². The van der Waals surface area contributed by atoms with Crippen LogP contribution in [-0.2, 0) is 6.54 Å². The van der Waals surface area contributed by atoms with E-state index in [1.807, 2.05) is 6.07 Å². The fourth-order valence-corrected chi connectivity index (χ4v) is 1.91. The Bertz CT molecular complexity index is 608. The SMILES string of the molecule is O=C(O)Nc1cnc2c(c1)-c1ccnn1CCO2. The second-order valence-electron chi connectivity index (χ2n) is 3.79. The Labute approximate surface area is 102 Å². The summed E-state index contributed by atoms with van der Waals surface area (Å²) in [5.74, 6) is 0.491. The van der Waals surface area contributed by atoms with Crippen LogP contribution >= 0.6 is 0 Å². The molecule has 0 saturated heterocycles. The van der Waals surface area contributed by atoms with Crippen LogP contribution in [0.15, 0.2) is 24.5 Å². The normalized spacial score (nSPS) is 12.9. The first kappa shape index (κ1) is 10.6. The van der Waals surface area contributed by atoms with Crippen molar-refractivity contribution in [3.8, 4) is 17.1 Å². The fraction of sp³-hybridized carbons (Fsp3) is 0.182. The zero-order valence-corrected chi connectivity index (χ0v) is 9.33. The van der Waals surface area contributed by atoms with Gasteiger partial charge in [-0.15, -0.1) is 0 Å². The molecule has 92 valence electrons. The van der Waals surface area contributed by atoms with E-state index in [4.69, 9.17) is 9.84 Å². The molecule has 0 atom stereocenters. The number of carbonyl (C=O) groups is 1. The van der Waals surface area contributed by atoms with Crippen molar-refractivity contribution in [1.82, 2.24) is 14.8 Å². The van der Waals surface area contributed by atoms with Gasteiger partial charge in [-0.3, -0.25) is 10.00 Å². The van der Waals surface area contributed by atoms with E-state index in [-0.39, 0.29) is 0 Å². The van der Waals surface area contributed by atoms with Crippen molar-refractivity contribution in [2.45, 2.75) is 6.54 Å². The number of anilines is 1. The summed E-state index contributed by atoms with van der Waals surface area (Å²) < 4.78 is 7.31. The number of pyridine rings is 1. The number of nitrogens with one attached hydrogen (secondary N) is 1. The zero-order chi connectivity index (χ0) is 12.5. The van der Waals surface area contributed by atoms with Crippen LogP contribution in [0.25, 0.3) is 11.3 Å². The maximum Gasteiger partial charge on any atom is 0.409 e. The van der Waals surface area contributed by atoms with Crippen molar-refractivity contribution in [1.29, 1.82) is 0 Å². The predicted octanol–water partition coefficient (Wildman–Crippen LogP) is 1.43. The lowest BCUT2D eigenvalue weighted by Gasteiger charge is -2.07. The van der Waals surface area contributed by atoms with Gasteiger partial charge in [-0.25, -0.2) is 9.78 Å². The summed E-state index contributed by atoms with van der Waals surface area (Å²) in [5.41, 5.74) is 2.00. The predicted molar refractivity (Wildman–Crippen MR) is 62.6 cm³/mol. The summed E-state index contributed by atoms with van der Waals surface area (Å²) in [4.78, 5) is 14.7. The van der Waals surface area contributed by atoms with Crippen LogP contribution in [0.2, 0.25) is 0 Å². The Hall–Kier alpha value is -2.57. The average Bonchev–Trinajstić information content (AvgIpc) is 2.72. The molecule has 2 aromatic rings. The summed E-state index contributed by atoms with van der Waals surface area (Å²) in [6.07, 6.45) is 2.00. The minimum Gasteiger partial charge on any atom is -0.475 e. The molecule has 7 nitrogen and oxygen atoms in total. The van der Waals surface area contributed by atoms with E-state index < -0.39 is 6.09 Å². The Kier molecular flexibility index (Phi) is 2.36. The molecule has 0 aromatic carbocycles. The van der Waals surface area contributed by atoms with Crippen LogP contribution < -0.4 is 10.1 Å². The highest BCUT2D eigenvalue weighted by Crippen LogP contribution is 2.32. The molecule has 1 aliphatic rings. The number of hydrogen-bond acceptors (Lipinski definition) is 4. The first-order valence-corrected chi connectivity index (χ1v) is 5.39. The zero-order valence-electron chi connectivity index (χ0n) is 9.33. The Morgan fingerprint density at radius 3 is 3.28 bits per heavy atom. The van der Waals surface area contributed by atoms with Gasteiger partial charge in [0.1, 0.15) is 6.61 Å². The van der Waals surface area contributed by atoms with Crippen LogP contribution in [0.5, 0.6) is 5.88 Å². The van der Waals surface area contributed by atoms with Gasteiger partial charge in [0.2, 0.25) is 5.88 Å². The van der Waals surface area contributed by atoms with Gasteiger partial charge in [0, 0.05) is 6.20 Å². The molecule has 0 radical (unpaired) electrons. The lowest BCUT2D eigenvalue weighted by Crippen LogP contribution is -2.08. The minimum atomic E-state index is -1.13. The Morgan fingerprint density at radius 1 is 1.56 bits per heavy atom. The van der Waals surface area contributed by atoms with E-state index >= 15 is 0 Å². The maximum absolute atomic E-state index is 10.6. The third-order valence-electron chi connectivity index (χ3n) is 2.64. The maximum atomic E-state index is 10.6. The van der Waals surface area contributed by atoms with Crippen molar-refractivity contribution in [2.24, 2.45) is 0 Å². The number of aromatic nitrogens is 3. The number of rotatable bonds is 1. The molecule has 0 spiro atoms. The average molecular weight is 246 g/mol. The molecule has 2 N–H and O–H groups in total. The molecular weight excluding hydrogens is 236 g/mol. The van der Waals surface area contributed by atoms with E-state index in [2.05, 4.69) is 15.4 Å². The van der Waals surface area contributed by atoms with Crippen molar-refractivity contribution in [3.63, 3.8) is 0 Å². The van der Waals surface area contributed by atoms with E-state index in [1.54, 1.807) is 16.9 Å². The van der Waals surface area contributed by atoms with E-state index in [1.165, 1.54) is 6.20 Å². The van der Waals surface area contributed by atoms with Crippen molar-refractivity contribution < 1.29 is 14.6 Å². The standard InChI is InChI=1S/C11H10N4O3/c16-11(17)14-7-5-8-9-1-2-13-15(9)3-4-18-10(8)12-6-7/h1-2,5-6,14H,3-4H2,(H,16,17). The molecule has 0 bridgehead atoms. The molecule has 18 heavy (non-hydrogen) atoms. The van der Waals surface area contributed by atoms with Gasteiger partial charge in [0.05, 0.1) is 29.7 Å². The van der Waals surface area contributed by atoms with Crippen LogP contribution in [0.1, 0.15) is 0 Å². The largest absolute Gasteiger partial charge is 0.475 e. The Balaban J connectivity index is 2.10. The smallest absolute Gasteiger partial charge is 0.409 e. The topological polar surface area (TPSA) is 89.3 Å². The highest BCUT2D eigenvalue weighted by molar-refractivity contribution is 5.84. The third kappa shape index (κ3) is 1.75. The second kappa shape index (κ2) is 4.02. The number of hydrogen-bond donors (Lipinski definition) is 2. The molecule has 3 heterocycles. The molecule has 2 aromatic heterocycles. The Morgan fingerprint density at radius 2 is 2.44 bits per heavy atom. The summed E-state index contributed by atoms with van der Waals surface area (Å²) in [6.45, 7) is 1.13. The van der Waals surface area contributed by atoms with Gasteiger partial charge < -0.3 is 9.84 Å². The van der Waals surface area contributed by atoms with Crippen LogP contribution in [0.4, 0.5) is 10.5 Å². The van der Waals surface area contributed by atoms with E-state index in [9.17, 15) is 4.79 Å². The van der Waals surface area contributed by atoms with Gasteiger partial charge in [-0.1, -0.05) is 0 Å². The summed E-state index contributed by atoms with van der Waals surface area (Å²) >= 11 is 0. The van der Waals surface area contributed by atoms with Gasteiger partial charge >= 0.3 is 6.09 Å². The highest BCUT2D eigenvalue weighted by Gasteiger charge is 2.17. The third-order valence-corrected chi connectivity index (χ3v) is 2.64. The summed E-state index contributed by atoms with van der Waals surface area (Å²) in [5, 5.41) is 15.1. The number of carboxylic acid groups (broad SMARTS) is 1. The van der Waals surface area contributed by atoms with E-state index in [0.717, 1.165) is 11.3 Å². The molecule has 0 unspecified atom stereocenters. The summed E-state index contributed by atoms with van der Waals surface area (Å²) in [7, 11) is 0. The first-order chi connectivity index (χ1) is 8.74. The van der Waals surface area contributed by atoms with Crippen LogP contribution in [-0.4, -0.2) is 32.6 Å². The first-order valence-electron chi connectivity index (χ1n) is 5.39. The van der Waals surface area contributed by atoms with E-state index in [0.29, 0.717) is 24.7 Å². The monoisotopic (exact) mass is 246 g/mol. The lowest BCUT2D eigenvalue weighted by atomic mass is 10.2. The molecule has 1 aliphatic heterocycles. The lowest BCUT2D eigenvalue weighted by molar-refractivity contribution is 0.209. The minimum absolute atomic E-state index is 0.402. The number of ether oxygens (including phenoxy) is 1. The molecule has 0 saturated carbocycles. The molecular formula is C11H10N4O3. The second-order valence-corrected chi connectivity index (χ2v) is 3.79. The molecule has 7 heteroatoms. The fourth-order valence-electron chi connectivity index (χ4n) is 1.91. The van der Waals surface area contributed by atoms with Crippen molar-refractivity contribution in [2.75, 3.05) is 11.9 Å². The highest BCUT2D eigenvalue weighted by atomic mass is 16.5. The molecule has 0 aliphatic carbocycles. The van der Waals surface area contributed by atoms with Gasteiger partial charge in [0.15, 0.2) is 0 Å². The van der Waals surface area contributed by atoms with Crippen molar-refractivity contribution >= 4 is 11.8 Å². The summed E-state index contributed by atoms with van der Waals surface area (Å²) in [6, 6.07) is 3.54. The number of nitrogens with zero attached hydrogens (tertiary/aromatic N) is 3. The van der Waals surface area contributed by atoms with Crippen LogP contribution in [0.3, 0.4) is 0 Å². The van der Waals surface area contributed by atoms with Gasteiger partial charge in [-0.2, -0.15) is 5.10 Å². The molecule has 0 fully saturated rings. The van der Waals surface area contributed by atoms with Gasteiger partial charge in [-0.05, 0) is 12.1 Å². The molecule has 3 rings (SSSR count). The van der Waals surface area contributed by atoms with Crippen molar-refractivity contribution in [3.05, 3.63) is 24.5 Å². The number of fused-ring (bicyclic) bond motifs is 3.